The van der Waals surface area contributed by atoms with E-state index in [1.165, 1.54) is 0 Å². The van der Waals surface area contributed by atoms with Crippen LogP contribution in [0.25, 0.3) is 0 Å². The van der Waals surface area contributed by atoms with Crippen molar-refractivity contribution in [3.8, 4) is 0 Å². The number of rotatable bonds is 0. The van der Waals surface area contributed by atoms with Crippen LogP contribution in [0.15, 0.2) is 0 Å². The molecule has 0 heterocycles. The van der Waals surface area contributed by atoms with Crippen molar-refractivity contribution in [3.63, 3.8) is 0 Å². The zero-order valence-electron chi connectivity index (χ0n) is 5.38. The van der Waals surface area contributed by atoms with Crippen molar-refractivity contribution in [2.45, 2.75) is 25.9 Å². The lowest BCUT2D eigenvalue weighted by Gasteiger charge is -2.27. The summed E-state index contributed by atoms with van der Waals surface area (Å²) in [6.45, 7) is 6.04. The van der Waals surface area contributed by atoms with Crippen LogP contribution in [-0.4, -0.2) is 12.7 Å². The van der Waals surface area contributed by atoms with Gasteiger partial charge in [-0.25, -0.2) is 0 Å². The van der Waals surface area contributed by atoms with Gasteiger partial charge in [0.15, 0.2) is 0 Å². The largest absolute Gasteiger partial charge is 0.151 e. The van der Waals surface area contributed by atoms with Crippen molar-refractivity contribution in [1.82, 2.24) is 0 Å². The summed E-state index contributed by atoms with van der Waals surface area (Å²) in [7, 11) is 5.60. The van der Waals surface area contributed by atoms with Crippen LogP contribution in [0.3, 0.4) is 0 Å². The van der Waals surface area contributed by atoms with Crippen molar-refractivity contribution in [2.75, 3.05) is 0 Å². The molecule has 46 valence electrons. The summed E-state index contributed by atoms with van der Waals surface area (Å²) >= 11 is 9.11. The van der Waals surface area contributed by atoms with E-state index in [0.29, 0.717) is 0 Å². The van der Waals surface area contributed by atoms with Gasteiger partial charge in [0.25, 0.3) is 0 Å². The summed E-state index contributed by atoms with van der Waals surface area (Å²) in [5.74, 6) is 0. The van der Waals surface area contributed by atoms with E-state index in [0.717, 1.165) is 0 Å². The van der Waals surface area contributed by atoms with E-state index >= 15 is 0 Å². The smallest absolute Gasteiger partial charge is 0.138 e. The summed E-state index contributed by atoms with van der Waals surface area (Å²) < 4.78 is 0. The van der Waals surface area contributed by atoms with E-state index < -0.39 is 5.12 Å². The maximum Gasteiger partial charge on any atom is 0.138 e. The van der Waals surface area contributed by atoms with Gasteiger partial charge < -0.3 is 0 Å². The van der Waals surface area contributed by atoms with Crippen molar-refractivity contribution >= 4 is 36.7 Å². The van der Waals surface area contributed by atoms with Crippen LogP contribution < -0.4 is 0 Å². The third-order valence-electron chi connectivity index (χ3n) is 0.961. The monoisotopic (exact) mass is 164 g/mol. The molecule has 0 amide bonds. The van der Waals surface area contributed by atoms with Crippen molar-refractivity contribution in [3.05, 3.63) is 0 Å². The fourth-order valence-electron chi connectivity index (χ4n) is 0. The molecule has 0 aromatic carbocycles. The Morgan fingerprint density at radius 2 is 1.62 bits per heavy atom. The Balaban J connectivity index is 4.26. The minimum absolute atomic E-state index is 0.00540. The molecule has 1 unspecified atom stereocenters. The van der Waals surface area contributed by atoms with Crippen molar-refractivity contribution in [1.29, 1.82) is 0 Å². The first-order valence-electron chi connectivity index (χ1n) is 2.36. The first-order chi connectivity index (χ1) is 3.25. The molecule has 0 saturated carbocycles. The van der Waals surface area contributed by atoms with Gasteiger partial charge in [-0.3, -0.25) is 0 Å². The summed E-state index contributed by atoms with van der Waals surface area (Å²) in [4.78, 5) is 0. The van der Waals surface area contributed by atoms with E-state index in [9.17, 15) is 0 Å². The predicted molar refractivity (Wildman–Crippen MR) is 48.8 cm³/mol. The highest BCUT2D eigenvalue weighted by atomic mass is 32.9. The summed E-state index contributed by atoms with van der Waals surface area (Å²) in [6.07, 6.45) is 0. The topological polar surface area (TPSA) is 0 Å². The molecule has 0 rings (SSSR count). The van der Waals surface area contributed by atoms with Gasteiger partial charge in [0.05, 0.1) is 0 Å². The van der Waals surface area contributed by atoms with Crippen LogP contribution in [-0.2, 0) is 11.8 Å². The minimum Gasteiger partial charge on any atom is -0.151 e. The summed E-state index contributed by atoms with van der Waals surface area (Å²) in [6, 6.07) is 0. The van der Waals surface area contributed by atoms with Crippen LogP contribution in [0.2, 0.25) is 0 Å². The molecule has 8 heavy (non-hydrogen) atoms. The lowest BCUT2D eigenvalue weighted by Crippen LogP contribution is -2.10. The van der Waals surface area contributed by atoms with Crippen molar-refractivity contribution in [2.24, 2.45) is 0 Å². The van der Waals surface area contributed by atoms with Crippen LogP contribution in [0.4, 0.5) is 0 Å². The molecule has 0 aliphatic heterocycles. The lowest BCUT2D eigenvalue weighted by molar-refractivity contribution is 0.798. The molecule has 0 aliphatic carbocycles. The third-order valence-corrected chi connectivity index (χ3v) is 6.33. The van der Waals surface area contributed by atoms with Gasteiger partial charge in [-0.15, -0.1) is 0 Å². The van der Waals surface area contributed by atoms with E-state index in [1.807, 2.05) is 20.8 Å². The Morgan fingerprint density at radius 3 is 1.62 bits per heavy atom. The van der Waals surface area contributed by atoms with E-state index in [4.69, 9.17) is 19.4 Å². The molecular formula is C4H10BPS2. The number of thiol groups is 1. The van der Waals surface area contributed by atoms with Gasteiger partial charge >= 0.3 is 0 Å². The quantitative estimate of drug-likeness (QED) is 0.325. The Labute approximate surface area is 63.0 Å². The summed E-state index contributed by atoms with van der Waals surface area (Å²) in [5, 5.41) is -1.82. The first kappa shape index (κ1) is 9.06. The van der Waals surface area contributed by atoms with Gasteiger partial charge in [-0.1, -0.05) is 32.6 Å². The standard InChI is InChI=1S/C4H10BPS2/c1-4(2,3)6(5,7)8/h1-3H3,(H,7,8). The SMILES string of the molecule is [B]P(=S)(S)C(C)(C)C. The molecule has 0 bridgehead atoms. The van der Waals surface area contributed by atoms with E-state index in [2.05, 4.69) is 12.2 Å². The zero-order chi connectivity index (χ0) is 7.00. The van der Waals surface area contributed by atoms with E-state index in [-0.39, 0.29) is 5.16 Å². The lowest BCUT2D eigenvalue weighted by atomic mass is 10.3. The number of hydrogen-bond donors (Lipinski definition) is 1. The Kier molecular flexibility index (Phi) is 2.67. The minimum atomic E-state index is -1.82. The fourth-order valence-corrected chi connectivity index (χ4v) is 0. The van der Waals surface area contributed by atoms with Crippen molar-refractivity contribution < 1.29 is 0 Å². The molecule has 0 spiro atoms. The van der Waals surface area contributed by atoms with Gasteiger partial charge in [0, 0.05) is 0 Å². The molecule has 1 atom stereocenters. The molecule has 0 aromatic heterocycles. The molecule has 4 heteroatoms. The summed E-state index contributed by atoms with van der Waals surface area (Å²) in [5.41, 5.74) is 0. The highest BCUT2D eigenvalue weighted by Crippen LogP contribution is 2.57. The predicted octanol–water partition coefficient (Wildman–Crippen LogP) is 2.19. The Hall–Kier alpha value is 1.06. The maximum atomic E-state index is 5.60. The van der Waals surface area contributed by atoms with Crippen LogP contribution in [0, 0.1) is 0 Å². The molecule has 0 fully saturated rings. The van der Waals surface area contributed by atoms with Gasteiger partial charge in [0.2, 0.25) is 0 Å². The Morgan fingerprint density at radius 1 is 1.50 bits per heavy atom. The zero-order valence-corrected chi connectivity index (χ0v) is 7.99. The van der Waals surface area contributed by atoms with Crippen LogP contribution >= 0.6 is 17.4 Å². The second-order valence-electron chi connectivity index (χ2n) is 2.79. The second kappa shape index (κ2) is 2.36. The average Bonchev–Trinajstić information content (AvgIpc) is 1.25. The van der Waals surface area contributed by atoms with E-state index in [1.54, 1.807) is 0 Å². The third kappa shape index (κ3) is 2.57. The molecule has 0 saturated heterocycles. The highest BCUT2D eigenvalue weighted by molar-refractivity contribution is 8.71. The molecular weight excluding hydrogens is 154 g/mol. The second-order valence-corrected chi connectivity index (χ2v) is 9.81. The van der Waals surface area contributed by atoms with Gasteiger partial charge in [0.1, 0.15) is 7.57 Å². The van der Waals surface area contributed by atoms with Crippen LogP contribution in [0.1, 0.15) is 20.8 Å². The first-order valence-corrected chi connectivity index (χ1v) is 6.39. The highest BCUT2D eigenvalue weighted by Gasteiger charge is 2.21. The fraction of sp³-hybridized carbons (Fsp3) is 1.00. The average molecular weight is 164 g/mol. The van der Waals surface area contributed by atoms with Gasteiger partial charge in [-0.2, -0.15) is 12.2 Å². The molecule has 0 N–H and O–H groups in total. The van der Waals surface area contributed by atoms with Crippen LogP contribution in [0.5, 0.6) is 0 Å². The normalized spacial score (nSPS) is 20.0. The number of hydrogen-bond acceptors (Lipinski definition) is 1. The Bertz CT molecular complexity index is 120. The molecule has 2 radical (unpaired) electrons. The molecule has 0 aliphatic rings. The molecule has 0 nitrogen and oxygen atoms in total. The van der Waals surface area contributed by atoms with Gasteiger partial charge in [-0.05, 0) is 10.3 Å². The molecule has 0 aromatic rings. The maximum absolute atomic E-state index is 5.60.